The lowest BCUT2D eigenvalue weighted by molar-refractivity contribution is 0.262. The van der Waals surface area contributed by atoms with Crippen molar-refractivity contribution in [3.8, 4) is 16.9 Å². The molecule has 25 heavy (non-hydrogen) atoms. The zero-order chi connectivity index (χ0) is 17.1. The van der Waals surface area contributed by atoms with Gasteiger partial charge in [0, 0.05) is 6.54 Å². The van der Waals surface area contributed by atoms with E-state index in [1.807, 2.05) is 0 Å². The SMILES string of the molecule is Cc1c(OCCCN2CCCC2)cccc1-c1cccc2c1CCC2. The number of fused-ring (bicyclic) bond motifs is 1. The Labute approximate surface area is 151 Å². The molecule has 0 atom stereocenters. The maximum atomic E-state index is 6.15. The Bertz CT molecular complexity index is 731. The van der Waals surface area contributed by atoms with Crippen molar-refractivity contribution in [3.05, 3.63) is 53.1 Å². The van der Waals surface area contributed by atoms with Crippen LogP contribution in [0.4, 0.5) is 0 Å². The van der Waals surface area contributed by atoms with Gasteiger partial charge in [-0.25, -0.2) is 0 Å². The number of likely N-dealkylation sites (tertiary alicyclic amines) is 1. The zero-order valence-corrected chi connectivity index (χ0v) is 15.4. The van der Waals surface area contributed by atoms with Crippen molar-refractivity contribution >= 4 is 0 Å². The van der Waals surface area contributed by atoms with Crippen LogP contribution in [-0.2, 0) is 12.8 Å². The molecule has 4 rings (SSSR count). The van der Waals surface area contributed by atoms with E-state index in [-0.39, 0.29) is 0 Å². The van der Waals surface area contributed by atoms with Crippen molar-refractivity contribution in [1.82, 2.24) is 4.90 Å². The molecule has 2 heteroatoms. The van der Waals surface area contributed by atoms with Gasteiger partial charge in [0.25, 0.3) is 0 Å². The third-order valence-electron chi connectivity index (χ3n) is 5.80. The summed E-state index contributed by atoms with van der Waals surface area (Å²) in [5.74, 6) is 1.05. The van der Waals surface area contributed by atoms with Crippen LogP contribution in [0.25, 0.3) is 11.1 Å². The van der Waals surface area contributed by atoms with Crippen LogP contribution in [0.3, 0.4) is 0 Å². The molecule has 2 nitrogen and oxygen atoms in total. The van der Waals surface area contributed by atoms with Gasteiger partial charge >= 0.3 is 0 Å². The molecule has 2 aromatic carbocycles. The molecule has 0 unspecified atom stereocenters. The van der Waals surface area contributed by atoms with E-state index in [2.05, 4.69) is 48.2 Å². The fourth-order valence-corrected chi connectivity index (χ4v) is 4.41. The van der Waals surface area contributed by atoms with E-state index in [1.54, 1.807) is 5.56 Å². The van der Waals surface area contributed by atoms with Crippen molar-refractivity contribution in [2.45, 2.75) is 45.4 Å². The van der Waals surface area contributed by atoms with Gasteiger partial charge in [-0.1, -0.05) is 30.3 Å². The largest absolute Gasteiger partial charge is 0.493 e. The van der Waals surface area contributed by atoms with Gasteiger partial charge in [-0.05, 0) is 92.4 Å². The van der Waals surface area contributed by atoms with Gasteiger partial charge in [-0.15, -0.1) is 0 Å². The summed E-state index contributed by atoms with van der Waals surface area (Å²) in [6, 6.07) is 13.3. The lowest BCUT2D eigenvalue weighted by Gasteiger charge is -2.17. The highest BCUT2D eigenvalue weighted by molar-refractivity contribution is 5.74. The Morgan fingerprint density at radius 3 is 2.60 bits per heavy atom. The van der Waals surface area contributed by atoms with Crippen molar-refractivity contribution in [3.63, 3.8) is 0 Å². The molecule has 2 aliphatic rings. The van der Waals surface area contributed by atoms with E-state index >= 15 is 0 Å². The first-order valence-corrected chi connectivity index (χ1v) is 9.89. The Balaban J connectivity index is 1.46. The smallest absolute Gasteiger partial charge is 0.122 e. The summed E-state index contributed by atoms with van der Waals surface area (Å²) in [5.41, 5.74) is 7.13. The van der Waals surface area contributed by atoms with E-state index in [1.165, 1.54) is 74.0 Å². The van der Waals surface area contributed by atoms with Crippen LogP contribution in [0.2, 0.25) is 0 Å². The minimum atomic E-state index is 0.813. The van der Waals surface area contributed by atoms with Gasteiger partial charge in [0.05, 0.1) is 6.61 Å². The third-order valence-corrected chi connectivity index (χ3v) is 5.80. The van der Waals surface area contributed by atoms with E-state index in [4.69, 9.17) is 4.74 Å². The molecule has 1 heterocycles. The topological polar surface area (TPSA) is 12.5 Å². The summed E-state index contributed by atoms with van der Waals surface area (Å²) in [6.07, 6.45) is 7.58. The first-order chi connectivity index (χ1) is 12.3. The summed E-state index contributed by atoms with van der Waals surface area (Å²) < 4.78 is 6.15. The van der Waals surface area contributed by atoms with Crippen LogP contribution in [0.1, 0.15) is 42.4 Å². The molecule has 0 N–H and O–H groups in total. The molecule has 1 aliphatic heterocycles. The minimum absolute atomic E-state index is 0.813. The highest BCUT2D eigenvalue weighted by Crippen LogP contribution is 2.36. The average molecular weight is 335 g/mol. The van der Waals surface area contributed by atoms with Crippen molar-refractivity contribution in [2.24, 2.45) is 0 Å². The highest BCUT2D eigenvalue weighted by Gasteiger charge is 2.17. The predicted molar refractivity (Wildman–Crippen MR) is 104 cm³/mol. The molecule has 0 bridgehead atoms. The van der Waals surface area contributed by atoms with Gasteiger partial charge in [0.15, 0.2) is 0 Å². The number of nitrogens with zero attached hydrogens (tertiary/aromatic N) is 1. The fourth-order valence-electron chi connectivity index (χ4n) is 4.41. The monoisotopic (exact) mass is 335 g/mol. The summed E-state index contributed by atoms with van der Waals surface area (Å²) in [6.45, 7) is 6.74. The van der Waals surface area contributed by atoms with Crippen LogP contribution in [-0.4, -0.2) is 31.1 Å². The molecule has 1 saturated heterocycles. The van der Waals surface area contributed by atoms with Gasteiger partial charge in [-0.3, -0.25) is 0 Å². The molecule has 0 radical (unpaired) electrons. The minimum Gasteiger partial charge on any atom is -0.493 e. The Hall–Kier alpha value is -1.80. The maximum absolute atomic E-state index is 6.15. The summed E-state index contributed by atoms with van der Waals surface area (Å²) in [7, 11) is 0. The number of rotatable bonds is 6. The normalized spacial score (nSPS) is 17.0. The second-order valence-electron chi connectivity index (χ2n) is 7.48. The molecular weight excluding hydrogens is 306 g/mol. The van der Waals surface area contributed by atoms with E-state index in [9.17, 15) is 0 Å². The number of hydrogen-bond donors (Lipinski definition) is 0. The van der Waals surface area contributed by atoms with Gasteiger partial charge in [0.1, 0.15) is 5.75 Å². The molecule has 1 fully saturated rings. The highest BCUT2D eigenvalue weighted by atomic mass is 16.5. The number of aryl methyl sites for hydroxylation is 1. The molecule has 0 amide bonds. The second-order valence-corrected chi connectivity index (χ2v) is 7.48. The Kier molecular flexibility index (Phi) is 5.07. The van der Waals surface area contributed by atoms with Crippen molar-refractivity contribution in [1.29, 1.82) is 0 Å². The molecule has 2 aromatic rings. The maximum Gasteiger partial charge on any atom is 0.122 e. The summed E-state index contributed by atoms with van der Waals surface area (Å²) in [4.78, 5) is 2.56. The van der Waals surface area contributed by atoms with Gasteiger partial charge in [0.2, 0.25) is 0 Å². The van der Waals surface area contributed by atoms with E-state index < -0.39 is 0 Å². The zero-order valence-electron chi connectivity index (χ0n) is 15.4. The van der Waals surface area contributed by atoms with Crippen molar-refractivity contribution in [2.75, 3.05) is 26.2 Å². The Morgan fingerprint density at radius 2 is 1.72 bits per heavy atom. The predicted octanol–water partition coefficient (Wildman–Crippen LogP) is 5.02. The molecule has 0 aromatic heterocycles. The standard InChI is InChI=1S/C23H29NO/c1-18-20(22-12-5-9-19-8-4-11-21(19)22)10-6-13-23(18)25-17-7-16-24-14-2-3-15-24/h5-6,9-10,12-13H,2-4,7-8,11,14-17H2,1H3. The first kappa shape index (κ1) is 16.7. The molecule has 0 spiro atoms. The quantitative estimate of drug-likeness (QED) is 0.688. The number of ether oxygens (including phenoxy) is 1. The van der Waals surface area contributed by atoms with Crippen LogP contribution in [0, 0.1) is 6.92 Å². The third kappa shape index (κ3) is 3.59. The lowest BCUT2D eigenvalue weighted by atomic mass is 9.93. The van der Waals surface area contributed by atoms with Crippen LogP contribution < -0.4 is 4.74 Å². The molecule has 0 saturated carbocycles. The van der Waals surface area contributed by atoms with E-state index in [0.29, 0.717) is 0 Å². The fraction of sp³-hybridized carbons (Fsp3) is 0.478. The number of benzene rings is 2. The van der Waals surface area contributed by atoms with Gasteiger partial charge in [-0.2, -0.15) is 0 Å². The van der Waals surface area contributed by atoms with Crippen molar-refractivity contribution < 1.29 is 4.74 Å². The molecular formula is C23H29NO. The molecule has 1 aliphatic carbocycles. The number of hydrogen-bond acceptors (Lipinski definition) is 2. The van der Waals surface area contributed by atoms with Crippen LogP contribution in [0.5, 0.6) is 5.75 Å². The van der Waals surface area contributed by atoms with Gasteiger partial charge < -0.3 is 9.64 Å². The second kappa shape index (κ2) is 7.61. The lowest BCUT2D eigenvalue weighted by Crippen LogP contribution is -2.22. The van der Waals surface area contributed by atoms with Crippen LogP contribution in [0.15, 0.2) is 36.4 Å². The summed E-state index contributed by atoms with van der Waals surface area (Å²) >= 11 is 0. The van der Waals surface area contributed by atoms with E-state index in [0.717, 1.165) is 18.8 Å². The average Bonchev–Trinajstić information content (AvgIpc) is 3.31. The summed E-state index contributed by atoms with van der Waals surface area (Å²) in [5, 5.41) is 0. The first-order valence-electron chi connectivity index (χ1n) is 9.89. The Morgan fingerprint density at radius 1 is 0.920 bits per heavy atom. The van der Waals surface area contributed by atoms with Crippen LogP contribution >= 0.6 is 0 Å². The molecule has 132 valence electrons.